The van der Waals surface area contributed by atoms with Gasteiger partial charge in [0.05, 0.1) is 0 Å². The van der Waals surface area contributed by atoms with Crippen LogP contribution in [0, 0.1) is 0 Å². The summed E-state index contributed by atoms with van der Waals surface area (Å²) in [4.78, 5) is 13.7. The second-order valence-electron chi connectivity index (χ2n) is 5.56. The molecule has 0 heterocycles. The Morgan fingerprint density at radius 2 is 1.95 bits per heavy atom. The van der Waals surface area contributed by atoms with Crippen molar-refractivity contribution in [2.24, 2.45) is 0 Å². The fourth-order valence-electron chi connectivity index (χ4n) is 2.01. The number of urea groups is 1. The van der Waals surface area contributed by atoms with Crippen LogP contribution in [0.4, 0.5) is 10.5 Å². The number of nitrogens with one attached hydrogen (secondary N) is 2. The minimum absolute atomic E-state index is 0.0417. The summed E-state index contributed by atoms with van der Waals surface area (Å²) in [5.41, 5.74) is 2.43. The SMILES string of the molecule is CC(Cc1ccc(N(C)C)cc1)NC(=O)NC1CC1. The zero-order valence-corrected chi connectivity index (χ0v) is 11.9. The van der Waals surface area contributed by atoms with E-state index in [2.05, 4.69) is 39.8 Å². The van der Waals surface area contributed by atoms with Crippen LogP contribution in [-0.2, 0) is 6.42 Å². The third-order valence-electron chi connectivity index (χ3n) is 3.28. The fourth-order valence-corrected chi connectivity index (χ4v) is 2.01. The average Bonchev–Trinajstić information content (AvgIpc) is 3.13. The molecule has 19 heavy (non-hydrogen) atoms. The number of nitrogens with zero attached hydrogens (tertiary/aromatic N) is 1. The molecule has 1 aromatic rings. The van der Waals surface area contributed by atoms with Gasteiger partial charge in [0.15, 0.2) is 0 Å². The standard InChI is InChI=1S/C15H23N3O/c1-11(16-15(19)17-13-6-7-13)10-12-4-8-14(9-5-12)18(2)3/h4-5,8-9,11,13H,6-7,10H2,1-3H3,(H2,16,17,19). The topological polar surface area (TPSA) is 44.4 Å². The smallest absolute Gasteiger partial charge is 0.315 e. The third-order valence-corrected chi connectivity index (χ3v) is 3.28. The molecule has 1 aromatic carbocycles. The Morgan fingerprint density at radius 3 is 2.47 bits per heavy atom. The molecule has 2 amide bonds. The van der Waals surface area contributed by atoms with E-state index in [-0.39, 0.29) is 12.1 Å². The van der Waals surface area contributed by atoms with Crippen LogP contribution in [-0.4, -0.2) is 32.2 Å². The van der Waals surface area contributed by atoms with Crippen molar-refractivity contribution in [3.8, 4) is 0 Å². The summed E-state index contributed by atoms with van der Waals surface area (Å²) in [7, 11) is 4.06. The molecule has 0 radical (unpaired) electrons. The molecule has 1 saturated carbocycles. The summed E-state index contributed by atoms with van der Waals surface area (Å²) < 4.78 is 0. The van der Waals surface area contributed by atoms with Gasteiger partial charge in [-0.05, 0) is 43.9 Å². The van der Waals surface area contributed by atoms with Crippen LogP contribution in [0.3, 0.4) is 0 Å². The van der Waals surface area contributed by atoms with Gasteiger partial charge in [0.1, 0.15) is 0 Å². The van der Waals surface area contributed by atoms with Gasteiger partial charge in [-0.1, -0.05) is 12.1 Å². The summed E-state index contributed by atoms with van der Waals surface area (Å²) >= 11 is 0. The van der Waals surface area contributed by atoms with E-state index in [9.17, 15) is 4.79 Å². The van der Waals surface area contributed by atoms with E-state index in [1.165, 1.54) is 11.3 Å². The minimum Gasteiger partial charge on any atom is -0.378 e. The summed E-state index contributed by atoms with van der Waals surface area (Å²) in [5, 5.41) is 5.91. The summed E-state index contributed by atoms with van der Waals surface area (Å²) in [6, 6.07) is 8.95. The lowest BCUT2D eigenvalue weighted by Gasteiger charge is -2.16. The third kappa shape index (κ3) is 4.47. The maximum absolute atomic E-state index is 11.6. The first kappa shape index (κ1) is 13.7. The van der Waals surface area contributed by atoms with Crippen molar-refractivity contribution < 1.29 is 4.79 Å². The van der Waals surface area contributed by atoms with Gasteiger partial charge in [-0.3, -0.25) is 0 Å². The largest absolute Gasteiger partial charge is 0.378 e. The van der Waals surface area contributed by atoms with Crippen LogP contribution in [0.15, 0.2) is 24.3 Å². The van der Waals surface area contributed by atoms with Gasteiger partial charge in [0, 0.05) is 31.9 Å². The first-order valence-electron chi connectivity index (χ1n) is 6.88. The lowest BCUT2D eigenvalue weighted by Crippen LogP contribution is -2.42. The van der Waals surface area contributed by atoms with Crippen molar-refractivity contribution >= 4 is 11.7 Å². The Kier molecular flexibility index (Phi) is 4.30. The van der Waals surface area contributed by atoms with Crippen molar-refractivity contribution in [1.82, 2.24) is 10.6 Å². The number of amides is 2. The molecule has 2 rings (SSSR count). The summed E-state index contributed by atoms with van der Waals surface area (Å²) in [5.74, 6) is 0. The average molecular weight is 261 g/mol. The van der Waals surface area contributed by atoms with Crippen LogP contribution >= 0.6 is 0 Å². The number of rotatable bonds is 5. The number of hydrogen-bond acceptors (Lipinski definition) is 2. The summed E-state index contributed by atoms with van der Waals surface area (Å²) in [6.45, 7) is 2.03. The van der Waals surface area contributed by atoms with E-state index in [1.54, 1.807) is 0 Å². The lowest BCUT2D eigenvalue weighted by molar-refractivity contribution is 0.237. The molecule has 0 aromatic heterocycles. The van der Waals surface area contributed by atoms with E-state index < -0.39 is 0 Å². The number of carbonyl (C=O) groups is 1. The fraction of sp³-hybridized carbons (Fsp3) is 0.533. The molecule has 0 bridgehead atoms. The first-order chi connectivity index (χ1) is 9.04. The Balaban J connectivity index is 1.80. The van der Waals surface area contributed by atoms with E-state index in [0.29, 0.717) is 6.04 Å². The highest BCUT2D eigenvalue weighted by Crippen LogP contribution is 2.18. The van der Waals surface area contributed by atoms with Crippen molar-refractivity contribution in [2.45, 2.75) is 38.3 Å². The number of benzene rings is 1. The van der Waals surface area contributed by atoms with Crippen molar-refractivity contribution in [1.29, 1.82) is 0 Å². The van der Waals surface area contributed by atoms with E-state index >= 15 is 0 Å². The van der Waals surface area contributed by atoms with Crippen molar-refractivity contribution in [3.63, 3.8) is 0 Å². The van der Waals surface area contributed by atoms with Gasteiger partial charge in [-0.2, -0.15) is 0 Å². The minimum atomic E-state index is -0.0417. The highest BCUT2D eigenvalue weighted by atomic mass is 16.2. The summed E-state index contributed by atoms with van der Waals surface area (Å²) in [6.07, 6.45) is 3.09. The van der Waals surface area contributed by atoms with Gasteiger partial charge in [0.25, 0.3) is 0 Å². The molecule has 1 fully saturated rings. The molecular weight excluding hydrogens is 238 g/mol. The van der Waals surface area contributed by atoms with Crippen molar-refractivity contribution in [2.75, 3.05) is 19.0 Å². The Labute approximate surface area is 115 Å². The van der Waals surface area contributed by atoms with Gasteiger partial charge in [0.2, 0.25) is 0 Å². The Hall–Kier alpha value is -1.71. The zero-order chi connectivity index (χ0) is 13.8. The van der Waals surface area contributed by atoms with E-state index in [4.69, 9.17) is 0 Å². The van der Waals surface area contributed by atoms with Gasteiger partial charge >= 0.3 is 6.03 Å². The number of hydrogen-bond donors (Lipinski definition) is 2. The lowest BCUT2D eigenvalue weighted by atomic mass is 10.1. The second kappa shape index (κ2) is 5.95. The van der Waals surface area contributed by atoms with Crippen LogP contribution in [0.2, 0.25) is 0 Å². The van der Waals surface area contributed by atoms with Gasteiger partial charge in [-0.25, -0.2) is 4.79 Å². The molecule has 104 valence electrons. The first-order valence-corrected chi connectivity index (χ1v) is 6.88. The number of anilines is 1. The molecule has 0 aliphatic heterocycles. The van der Waals surface area contributed by atoms with Gasteiger partial charge < -0.3 is 15.5 Å². The zero-order valence-electron chi connectivity index (χ0n) is 11.9. The number of carbonyl (C=O) groups excluding carboxylic acids is 1. The Morgan fingerprint density at radius 1 is 1.32 bits per heavy atom. The maximum atomic E-state index is 11.6. The molecule has 1 atom stereocenters. The Bertz CT molecular complexity index is 424. The highest BCUT2D eigenvalue weighted by molar-refractivity contribution is 5.74. The molecule has 4 nitrogen and oxygen atoms in total. The van der Waals surface area contributed by atoms with Crippen LogP contribution in [0.25, 0.3) is 0 Å². The van der Waals surface area contributed by atoms with E-state index in [0.717, 1.165) is 19.3 Å². The second-order valence-corrected chi connectivity index (χ2v) is 5.56. The molecular formula is C15H23N3O. The van der Waals surface area contributed by atoms with Gasteiger partial charge in [-0.15, -0.1) is 0 Å². The predicted molar refractivity (Wildman–Crippen MR) is 78.6 cm³/mol. The maximum Gasteiger partial charge on any atom is 0.315 e. The molecule has 1 aliphatic carbocycles. The normalized spacial score (nSPS) is 15.7. The predicted octanol–water partition coefficient (Wildman–Crippen LogP) is 2.15. The molecule has 4 heteroatoms. The highest BCUT2D eigenvalue weighted by Gasteiger charge is 2.23. The van der Waals surface area contributed by atoms with Crippen LogP contribution < -0.4 is 15.5 Å². The van der Waals surface area contributed by atoms with Crippen LogP contribution in [0.1, 0.15) is 25.3 Å². The molecule has 0 saturated heterocycles. The van der Waals surface area contributed by atoms with Crippen LogP contribution in [0.5, 0.6) is 0 Å². The molecule has 0 spiro atoms. The quantitative estimate of drug-likeness (QED) is 0.853. The molecule has 1 unspecified atom stereocenters. The molecule has 1 aliphatic rings. The van der Waals surface area contributed by atoms with E-state index in [1.807, 2.05) is 21.0 Å². The monoisotopic (exact) mass is 261 g/mol. The molecule has 2 N–H and O–H groups in total. The van der Waals surface area contributed by atoms with Crippen molar-refractivity contribution in [3.05, 3.63) is 29.8 Å².